The van der Waals surface area contributed by atoms with Crippen molar-refractivity contribution in [1.82, 2.24) is 10.2 Å². The van der Waals surface area contributed by atoms with Gasteiger partial charge in [0.1, 0.15) is 11.9 Å². The van der Waals surface area contributed by atoms with Crippen molar-refractivity contribution in [2.45, 2.75) is 56.9 Å². The Labute approximate surface area is 131 Å². The second-order valence-electron chi connectivity index (χ2n) is 6.90. The van der Waals surface area contributed by atoms with Gasteiger partial charge in [-0.15, -0.1) is 0 Å². The molecule has 22 heavy (non-hydrogen) atoms. The summed E-state index contributed by atoms with van der Waals surface area (Å²) in [5, 5.41) is 3.12. The summed E-state index contributed by atoms with van der Waals surface area (Å²) in [6.45, 7) is 2.79. The van der Waals surface area contributed by atoms with E-state index in [2.05, 4.69) is 10.2 Å². The fraction of sp³-hybridized carbons (Fsp3) is 0.706. The van der Waals surface area contributed by atoms with Gasteiger partial charge in [-0.1, -0.05) is 0 Å². The molecule has 1 amide bonds. The van der Waals surface area contributed by atoms with Crippen LogP contribution in [-0.2, 0) is 16.1 Å². The Morgan fingerprint density at radius 1 is 1.36 bits per heavy atom. The molecule has 1 aromatic rings. The van der Waals surface area contributed by atoms with Crippen molar-refractivity contribution in [3.8, 4) is 0 Å². The van der Waals surface area contributed by atoms with Crippen LogP contribution in [0.4, 0.5) is 0 Å². The summed E-state index contributed by atoms with van der Waals surface area (Å²) >= 11 is 0. The molecule has 2 aliphatic heterocycles. The first-order chi connectivity index (χ1) is 10.8. The number of nitrogens with zero attached hydrogens (tertiary/aromatic N) is 1. The SMILES string of the molecule is O=C(NC1CCC1)[C@@H]1C[C@@H]2CCN(Cc3ccco3)C[C@@H]2O1. The standard InChI is InChI=1S/C17H24N2O3/c20-17(18-13-3-1-4-13)15-9-12-6-7-19(11-16(12)22-15)10-14-5-2-8-21-14/h2,5,8,12-13,15-16H,1,3-4,6-7,9-11H2,(H,18,20)/t12-,15-,16-/m0/s1. The minimum absolute atomic E-state index is 0.108. The number of amides is 1. The van der Waals surface area contributed by atoms with Crippen LogP contribution in [-0.4, -0.2) is 42.1 Å². The van der Waals surface area contributed by atoms with Crippen molar-refractivity contribution >= 4 is 5.91 Å². The molecule has 1 aliphatic carbocycles. The number of ether oxygens (including phenoxy) is 1. The van der Waals surface area contributed by atoms with Crippen LogP contribution in [0.5, 0.6) is 0 Å². The van der Waals surface area contributed by atoms with E-state index >= 15 is 0 Å². The van der Waals surface area contributed by atoms with Crippen LogP contribution in [0.15, 0.2) is 22.8 Å². The molecule has 3 heterocycles. The van der Waals surface area contributed by atoms with E-state index in [4.69, 9.17) is 9.15 Å². The number of carbonyl (C=O) groups is 1. The number of rotatable bonds is 4. The second kappa shape index (κ2) is 6.05. The number of carbonyl (C=O) groups excluding carboxylic acids is 1. The summed E-state index contributed by atoms with van der Waals surface area (Å²) in [4.78, 5) is 14.6. The van der Waals surface area contributed by atoms with Gasteiger partial charge in [-0.05, 0) is 56.7 Å². The predicted octanol–water partition coefficient (Wildman–Crippen LogP) is 1.93. The minimum atomic E-state index is -0.237. The van der Waals surface area contributed by atoms with Gasteiger partial charge < -0.3 is 14.5 Å². The normalized spacial score (nSPS) is 32.5. The van der Waals surface area contributed by atoms with Gasteiger partial charge >= 0.3 is 0 Å². The van der Waals surface area contributed by atoms with Crippen LogP contribution in [0.3, 0.4) is 0 Å². The maximum absolute atomic E-state index is 12.3. The van der Waals surface area contributed by atoms with Gasteiger partial charge in [0.2, 0.25) is 5.91 Å². The molecule has 0 radical (unpaired) electrons. The first kappa shape index (κ1) is 14.3. The van der Waals surface area contributed by atoms with Gasteiger partial charge in [0.25, 0.3) is 0 Å². The Morgan fingerprint density at radius 3 is 3.00 bits per heavy atom. The first-order valence-corrected chi connectivity index (χ1v) is 8.48. The lowest BCUT2D eigenvalue weighted by Crippen LogP contribution is -2.45. The van der Waals surface area contributed by atoms with E-state index in [0.717, 1.165) is 51.1 Å². The molecule has 3 aliphatic rings. The number of nitrogens with one attached hydrogen (secondary N) is 1. The van der Waals surface area contributed by atoms with Gasteiger partial charge in [-0.25, -0.2) is 0 Å². The molecule has 3 fully saturated rings. The van der Waals surface area contributed by atoms with Crippen LogP contribution in [0.1, 0.15) is 37.9 Å². The summed E-state index contributed by atoms with van der Waals surface area (Å²) < 4.78 is 11.5. The highest BCUT2D eigenvalue weighted by Crippen LogP contribution is 2.34. The average Bonchev–Trinajstić information content (AvgIpc) is 3.11. The third-order valence-corrected chi connectivity index (χ3v) is 5.34. The summed E-state index contributed by atoms with van der Waals surface area (Å²) in [6.07, 6.45) is 7.17. The van der Waals surface area contributed by atoms with E-state index in [1.165, 1.54) is 6.42 Å². The molecule has 1 saturated carbocycles. The van der Waals surface area contributed by atoms with Gasteiger partial charge in [-0.2, -0.15) is 0 Å². The van der Waals surface area contributed by atoms with E-state index < -0.39 is 0 Å². The van der Waals surface area contributed by atoms with Crippen LogP contribution < -0.4 is 5.32 Å². The van der Waals surface area contributed by atoms with E-state index in [1.807, 2.05) is 12.1 Å². The number of furan rings is 1. The molecule has 120 valence electrons. The summed E-state index contributed by atoms with van der Waals surface area (Å²) in [7, 11) is 0. The fourth-order valence-electron chi connectivity index (χ4n) is 3.78. The fourth-order valence-corrected chi connectivity index (χ4v) is 3.78. The van der Waals surface area contributed by atoms with E-state index in [-0.39, 0.29) is 18.1 Å². The molecule has 4 rings (SSSR count). The largest absolute Gasteiger partial charge is 0.468 e. The summed E-state index contributed by atoms with van der Waals surface area (Å²) in [5.41, 5.74) is 0. The Morgan fingerprint density at radius 2 is 2.27 bits per heavy atom. The Kier molecular flexibility index (Phi) is 3.92. The quantitative estimate of drug-likeness (QED) is 0.923. The molecule has 1 N–H and O–H groups in total. The minimum Gasteiger partial charge on any atom is -0.468 e. The number of fused-ring (bicyclic) bond motifs is 1. The van der Waals surface area contributed by atoms with E-state index in [1.54, 1.807) is 6.26 Å². The Bertz CT molecular complexity index is 512. The van der Waals surface area contributed by atoms with Gasteiger partial charge in [-0.3, -0.25) is 9.69 Å². The Balaban J connectivity index is 1.30. The second-order valence-corrected chi connectivity index (χ2v) is 6.90. The van der Waals surface area contributed by atoms with Crippen LogP contribution in [0.2, 0.25) is 0 Å². The smallest absolute Gasteiger partial charge is 0.249 e. The van der Waals surface area contributed by atoms with Crippen molar-refractivity contribution in [1.29, 1.82) is 0 Å². The summed E-state index contributed by atoms with van der Waals surface area (Å²) in [5.74, 6) is 1.64. The maximum atomic E-state index is 12.3. The highest BCUT2D eigenvalue weighted by Gasteiger charge is 2.42. The van der Waals surface area contributed by atoms with Crippen molar-refractivity contribution in [3.05, 3.63) is 24.2 Å². The number of likely N-dealkylation sites (tertiary alicyclic amines) is 1. The van der Waals surface area contributed by atoms with Crippen molar-refractivity contribution < 1.29 is 13.9 Å². The molecule has 1 aromatic heterocycles. The molecule has 2 saturated heterocycles. The monoisotopic (exact) mass is 304 g/mol. The topological polar surface area (TPSA) is 54.7 Å². The third-order valence-electron chi connectivity index (χ3n) is 5.34. The molecule has 3 atom stereocenters. The molecule has 0 bridgehead atoms. The molecule has 0 spiro atoms. The number of hydrogen-bond donors (Lipinski definition) is 1. The Hall–Kier alpha value is -1.33. The van der Waals surface area contributed by atoms with Gasteiger partial charge in [0.05, 0.1) is 18.9 Å². The average molecular weight is 304 g/mol. The highest BCUT2D eigenvalue weighted by molar-refractivity contribution is 5.81. The van der Waals surface area contributed by atoms with Crippen LogP contribution >= 0.6 is 0 Å². The van der Waals surface area contributed by atoms with Gasteiger partial charge in [0, 0.05) is 12.6 Å². The molecule has 5 heteroatoms. The first-order valence-electron chi connectivity index (χ1n) is 8.48. The lowest BCUT2D eigenvalue weighted by molar-refractivity contribution is -0.134. The van der Waals surface area contributed by atoms with Crippen molar-refractivity contribution in [2.75, 3.05) is 13.1 Å². The molecular formula is C17H24N2O3. The summed E-state index contributed by atoms with van der Waals surface area (Å²) in [6, 6.07) is 4.33. The highest BCUT2D eigenvalue weighted by atomic mass is 16.5. The third kappa shape index (κ3) is 2.92. The van der Waals surface area contributed by atoms with Crippen molar-refractivity contribution in [3.63, 3.8) is 0 Å². The lowest BCUT2D eigenvalue weighted by atomic mass is 9.90. The molecule has 0 unspecified atom stereocenters. The zero-order valence-electron chi connectivity index (χ0n) is 12.9. The lowest BCUT2D eigenvalue weighted by Gasteiger charge is -2.33. The zero-order valence-corrected chi connectivity index (χ0v) is 12.9. The zero-order chi connectivity index (χ0) is 14.9. The molecule has 5 nitrogen and oxygen atoms in total. The van der Waals surface area contributed by atoms with E-state index in [0.29, 0.717) is 12.0 Å². The maximum Gasteiger partial charge on any atom is 0.249 e. The molecule has 0 aromatic carbocycles. The predicted molar refractivity (Wildman–Crippen MR) is 81.2 cm³/mol. The van der Waals surface area contributed by atoms with Crippen LogP contribution in [0, 0.1) is 5.92 Å². The molecular weight excluding hydrogens is 280 g/mol. The number of hydrogen-bond acceptors (Lipinski definition) is 4. The van der Waals surface area contributed by atoms with Crippen molar-refractivity contribution in [2.24, 2.45) is 5.92 Å². The number of piperidine rings is 1. The van der Waals surface area contributed by atoms with E-state index in [9.17, 15) is 4.79 Å². The van der Waals surface area contributed by atoms with Crippen LogP contribution in [0.25, 0.3) is 0 Å². The van der Waals surface area contributed by atoms with Gasteiger partial charge in [0.15, 0.2) is 0 Å².